The zero-order chi connectivity index (χ0) is 18.2. The Kier molecular flexibility index (Phi) is 6.33. The van der Waals surface area contributed by atoms with Crippen molar-refractivity contribution in [3.8, 4) is 11.5 Å². The smallest absolute Gasteiger partial charge is 0.253 e. The number of nitrogens with zero attached hydrogens (tertiary/aromatic N) is 1. The van der Waals surface area contributed by atoms with Crippen LogP contribution in [0, 0.1) is 0 Å². The molecule has 132 valence electrons. The van der Waals surface area contributed by atoms with E-state index in [0.717, 1.165) is 5.56 Å². The average Bonchev–Trinajstić information content (AvgIpc) is 2.66. The molecule has 2 aromatic rings. The molecule has 1 heterocycles. The predicted octanol–water partition coefficient (Wildman–Crippen LogP) is 1.53. The zero-order valence-corrected chi connectivity index (χ0v) is 14.4. The summed E-state index contributed by atoms with van der Waals surface area (Å²) in [5.74, 6) is 0.579. The topological polar surface area (TPSA) is 89.6 Å². The number of benzene rings is 1. The van der Waals surface area contributed by atoms with Gasteiger partial charge in [0.05, 0.1) is 19.8 Å². The minimum absolute atomic E-state index is 0.285. The number of hydrogen-bond donors (Lipinski definition) is 2. The van der Waals surface area contributed by atoms with Crippen LogP contribution < -0.4 is 20.1 Å². The molecule has 0 saturated heterocycles. The highest BCUT2D eigenvalue weighted by molar-refractivity contribution is 5.97. The Morgan fingerprint density at radius 3 is 2.56 bits per heavy atom. The van der Waals surface area contributed by atoms with Crippen molar-refractivity contribution >= 4 is 11.8 Å². The number of carbonyl (C=O) groups is 2. The summed E-state index contributed by atoms with van der Waals surface area (Å²) in [7, 11) is 3.11. The molecule has 0 spiro atoms. The van der Waals surface area contributed by atoms with Gasteiger partial charge in [0.25, 0.3) is 5.91 Å². The van der Waals surface area contributed by atoms with Crippen LogP contribution in [0.15, 0.2) is 42.7 Å². The highest BCUT2D eigenvalue weighted by Gasteiger charge is 2.16. The van der Waals surface area contributed by atoms with Crippen molar-refractivity contribution in [1.82, 2.24) is 15.6 Å². The van der Waals surface area contributed by atoms with Crippen LogP contribution in [0.5, 0.6) is 11.5 Å². The summed E-state index contributed by atoms with van der Waals surface area (Å²) in [4.78, 5) is 28.1. The Hall–Kier alpha value is -3.09. The van der Waals surface area contributed by atoms with Gasteiger partial charge in [-0.15, -0.1) is 0 Å². The number of rotatable bonds is 7. The van der Waals surface area contributed by atoms with Crippen LogP contribution in [0.4, 0.5) is 0 Å². The zero-order valence-electron chi connectivity index (χ0n) is 14.4. The van der Waals surface area contributed by atoms with E-state index in [-0.39, 0.29) is 11.8 Å². The third kappa shape index (κ3) is 4.94. The van der Waals surface area contributed by atoms with Crippen molar-refractivity contribution in [2.45, 2.75) is 19.5 Å². The number of nitrogens with one attached hydrogen (secondary N) is 2. The molecule has 2 amide bonds. The summed E-state index contributed by atoms with van der Waals surface area (Å²) in [6, 6.07) is 8.02. The van der Waals surface area contributed by atoms with Crippen LogP contribution in [0.25, 0.3) is 0 Å². The third-order valence-electron chi connectivity index (χ3n) is 3.58. The van der Waals surface area contributed by atoms with E-state index in [2.05, 4.69) is 15.6 Å². The molecule has 0 fully saturated rings. The van der Waals surface area contributed by atoms with Gasteiger partial charge in [-0.1, -0.05) is 6.07 Å². The fourth-order valence-corrected chi connectivity index (χ4v) is 2.18. The normalized spacial score (nSPS) is 11.3. The van der Waals surface area contributed by atoms with Crippen molar-refractivity contribution in [3.05, 3.63) is 53.9 Å². The molecule has 2 rings (SSSR count). The number of hydrogen-bond acceptors (Lipinski definition) is 5. The molecular formula is C18H21N3O4. The Balaban J connectivity index is 1.90. The summed E-state index contributed by atoms with van der Waals surface area (Å²) in [5.41, 5.74) is 1.26. The maximum atomic E-state index is 12.2. The first-order valence-electron chi connectivity index (χ1n) is 7.74. The maximum Gasteiger partial charge on any atom is 0.253 e. The SMILES string of the molecule is COc1ccc(CNC(=O)[C@H](C)NC(=O)c2cccnc2)cc1OC. The van der Waals surface area contributed by atoms with Crippen LogP contribution in [0.2, 0.25) is 0 Å². The van der Waals surface area contributed by atoms with E-state index in [9.17, 15) is 9.59 Å². The summed E-state index contributed by atoms with van der Waals surface area (Å²) >= 11 is 0. The highest BCUT2D eigenvalue weighted by atomic mass is 16.5. The molecule has 0 bridgehead atoms. The molecule has 7 nitrogen and oxygen atoms in total. The van der Waals surface area contributed by atoms with Gasteiger partial charge in [0.15, 0.2) is 11.5 Å². The standard InChI is InChI=1S/C18H21N3O4/c1-12(21-18(23)14-5-4-8-19-11-14)17(22)20-10-13-6-7-15(24-2)16(9-13)25-3/h4-9,11-12H,10H2,1-3H3,(H,20,22)(H,21,23)/t12-/m0/s1. The molecule has 7 heteroatoms. The number of ether oxygens (including phenoxy) is 2. The van der Waals surface area contributed by atoms with Gasteiger partial charge in [0.2, 0.25) is 5.91 Å². The first kappa shape index (κ1) is 18.3. The molecule has 1 atom stereocenters. The first-order valence-corrected chi connectivity index (χ1v) is 7.74. The van der Waals surface area contributed by atoms with E-state index in [1.165, 1.54) is 6.20 Å². The van der Waals surface area contributed by atoms with Crippen molar-refractivity contribution < 1.29 is 19.1 Å². The Morgan fingerprint density at radius 1 is 1.16 bits per heavy atom. The van der Waals surface area contributed by atoms with Gasteiger partial charge in [-0.3, -0.25) is 14.6 Å². The molecule has 1 aromatic heterocycles. The summed E-state index contributed by atoms with van der Waals surface area (Å²) < 4.78 is 10.4. The summed E-state index contributed by atoms with van der Waals surface area (Å²) in [6.45, 7) is 1.94. The van der Waals surface area contributed by atoms with E-state index in [0.29, 0.717) is 23.6 Å². The average molecular weight is 343 g/mol. The quantitative estimate of drug-likeness (QED) is 0.796. The van der Waals surface area contributed by atoms with Crippen molar-refractivity contribution in [2.75, 3.05) is 14.2 Å². The Morgan fingerprint density at radius 2 is 1.92 bits per heavy atom. The van der Waals surface area contributed by atoms with E-state index in [1.54, 1.807) is 51.6 Å². The summed E-state index contributed by atoms with van der Waals surface area (Å²) in [6.07, 6.45) is 3.03. The monoisotopic (exact) mass is 343 g/mol. The van der Waals surface area contributed by atoms with E-state index >= 15 is 0 Å². The highest BCUT2D eigenvalue weighted by Crippen LogP contribution is 2.27. The fourth-order valence-electron chi connectivity index (χ4n) is 2.18. The number of pyridine rings is 1. The van der Waals surface area contributed by atoms with Crippen LogP contribution in [-0.2, 0) is 11.3 Å². The van der Waals surface area contributed by atoms with Crippen LogP contribution in [-0.4, -0.2) is 37.1 Å². The van der Waals surface area contributed by atoms with Gasteiger partial charge >= 0.3 is 0 Å². The molecule has 0 radical (unpaired) electrons. The fraction of sp³-hybridized carbons (Fsp3) is 0.278. The van der Waals surface area contributed by atoms with Gasteiger partial charge in [-0.25, -0.2) is 0 Å². The molecule has 25 heavy (non-hydrogen) atoms. The minimum atomic E-state index is -0.673. The second kappa shape index (κ2) is 8.68. The summed E-state index contributed by atoms with van der Waals surface area (Å²) in [5, 5.41) is 5.42. The number of amides is 2. The molecule has 0 aliphatic heterocycles. The van der Waals surface area contributed by atoms with Gasteiger partial charge in [0.1, 0.15) is 6.04 Å². The lowest BCUT2D eigenvalue weighted by Gasteiger charge is -2.15. The van der Waals surface area contributed by atoms with E-state index in [4.69, 9.17) is 9.47 Å². The number of carbonyl (C=O) groups excluding carboxylic acids is 2. The molecule has 0 unspecified atom stereocenters. The van der Waals surface area contributed by atoms with Gasteiger partial charge in [-0.2, -0.15) is 0 Å². The molecule has 2 N–H and O–H groups in total. The second-order valence-electron chi connectivity index (χ2n) is 5.34. The lowest BCUT2D eigenvalue weighted by Crippen LogP contribution is -2.44. The lowest BCUT2D eigenvalue weighted by molar-refractivity contribution is -0.122. The Labute approximate surface area is 146 Å². The molecular weight excluding hydrogens is 322 g/mol. The minimum Gasteiger partial charge on any atom is -0.493 e. The molecule has 0 aliphatic carbocycles. The van der Waals surface area contributed by atoms with Gasteiger partial charge in [-0.05, 0) is 36.8 Å². The first-order chi connectivity index (χ1) is 12.0. The van der Waals surface area contributed by atoms with Crippen molar-refractivity contribution in [3.63, 3.8) is 0 Å². The van der Waals surface area contributed by atoms with Gasteiger partial charge < -0.3 is 20.1 Å². The Bertz CT molecular complexity index is 734. The molecule has 0 saturated carbocycles. The maximum absolute atomic E-state index is 12.2. The number of aromatic nitrogens is 1. The van der Waals surface area contributed by atoms with Crippen molar-refractivity contribution in [2.24, 2.45) is 0 Å². The molecule has 1 aromatic carbocycles. The van der Waals surface area contributed by atoms with Crippen LogP contribution in [0.1, 0.15) is 22.8 Å². The van der Waals surface area contributed by atoms with E-state index < -0.39 is 6.04 Å². The predicted molar refractivity (Wildman–Crippen MR) is 92.6 cm³/mol. The lowest BCUT2D eigenvalue weighted by atomic mass is 10.2. The van der Waals surface area contributed by atoms with Crippen LogP contribution in [0.3, 0.4) is 0 Å². The second-order valence-corrected chi connectivity index (χ2v) is 5.34. The largest absolute Gasteiger partial charge is 0.493 e. The van der Waals surface area contributed by atoms with Crippen LogP contribution >= 0.6 is 0 Å². The number of methoxy groups -OCH3 is 2. The molecule has 0 aliphatic rings. The van der Waals surface area contributed by atoms with Gasteiger partial charge in [0, 0.05) is 18.9 Å². The third-order valence-corrected chi connectivity index (χ3v) is 3.58. The van der Waals surface area contributed by atoms with Crippen molar-refractivity contribution in [1.29, 1.82) is 0 Å². The van der Waals surface area contributed by atoms with E-state index in [1.807, 2.05) is 6.07 Å².